The highest BCUT2D eigenvalue weighted by Crippen LogP contribution is 2.30. The van der Waals surface area contributed by atoms with Crippen molar-refractivity contribution in [2.24, 2.45) is 0 Å². The molecule has 1 aliphatic heterocycles. The van der Waals surface area contributed by atoms with Gasteiger partial charge in [-0.3, -0.25) is 0 Å². The fourth-order valence-corrected chi connectivity index (χ4v) is 2.42. The highest BCUT2D eigenvalue weighted by atomic mass is 16.4. The molecule has 0 saturated carbocycles. The van der Waals surface area contributed by atoms with Gasteiger partial charge < -0.3 is 14.9 Å². The number of carboxylic acids is 1. The van der Waals surface area contributed by atoms with Crippen LogP contribution in [0.1, 0.15) is 34.1 Å². The van der Waals surface area contributed by atoms with Crippen molar-refractivity contribution < 1.29 is 9.90 Å². The molecule has 1 aliphatic rings. The second kappa shape index (κ2) is 4.55. The lowest BCUT2D eigenvalue weighted by Crippen LogP contribution is -2.40. The van der Waals surface area contributed by atoms with Gasteiger partial charge in [0.25, 0.3) is 0 Å². The quantitative estimate of drug-likeness (QED) is 0.770. The molecule has 4 heteroatoms. The Labute approximate surface area is 91.2 Å². The van der Waals surface area contributed by atoms with E-state index in [-0.39, 0.29) is 6.17 Å². The summed E-state index contributed by atoms with van der Waals surface area (Å²) in [6.45, 7) is 9.65. The Morgan fingerprint density at radius 2 is 1.80 bits per heavy atom. The third-order valence-corrected chi connectivity index (χ3v) is 3.03. The fourth-order valence-electron chi connectivity index (χ4n) is 2.42. The van der Waals surface area contributed by atoms with Crippen molar-refractivity contribution in [1.82, 2.24) is 9.80 Å². The third kappa shape index (κ3) is 1.80. The zero-order valence-electron chi connectivity index (χ0n) is 9.95. The minimum atomic E-state index is -0.816. The van der Waals surface area contributed by atoms with Crippen LogP contribution < -0.4 is 0 Å². The first kappa shape index (κ1) is 11.9. The smallest absolute Gasteiger partial charge is 0.354 e. The van der Waals surface area contributed by atoms with E-state index in [1.54, 1.807) is 0 Å². The molecule has 0 saturated heterocycles. The lowest BCUT2D eigenvalue weighted by atomic mass is 10.3. The molecule has 15 heavy (non-hydrogen) atoms. The highest BCUT2D eigenvalue weighted by Gasteiger charge is 2.36. The topological polar surface area (TPSA) is 43.8 Å². The number of hydrogen-bond donors (Lipinski definition) is 1. The number of hydrogen-bond acceptors (Lipinski definition) is 3. The predicted octanol–water partition coefficient (Wildman–Crippen LogP) is 1.70. The number of carboxylic acid groups (broad SMARTS) is 1. The summed E-state index contributed by atoms with van der Waals surface area (Å²) in [5, 5.41) is 9.19. The standard InChI is InChI=1S/C11H20N2O2/c1-5-9-12(6-2)8(4)10(11(14)15)13(9)7-3/h9H,5-7H2,1-4H3,(H,14,15). The molecule has 0 aliphatic carbocycles. The Morgan fingerprint density at radius 1 is 1.27 bits per heavy atom. The molecule has 1 rings (SSSR count). The van der Waals surface area contributed by atoms with Gasteiger partial charge in [0.2, 0.25) is 0 Å². The predicted molar refractivity (Wildman–Crippen MR) is 59.2 cm³/mol. The van der Waals surface area contributed by atoms with E-state index in [1.165, 1.54) is 0 Å². The SMILES string of the molecule is CCC1N(CC)C(C)=C(C(=O)O)N1CC. The lowest BCUT2D eigenvalue weighted by molar-refractivity contribution is -0.134. The molecule has 0 aromatic carbocycles. The summed E-state index contributed by atoms with van der Waals surface area (Å²) in [7, 11) is 0. The van der Waals surface area contributed by atoms with Crippen LogP contribution in [-0.4, -0.2) is 40.1 Å². The average Bonchev–Trinajstić information content (AvgIpc) is 2.49. The van der Waals surface area contributed by atoms with Crippen LogP contribution in [0.25, 0.3) is 0 Å². The summed E-state index contributed by atoms with van der Waals surface area (Å²) < 4.78 is 0. The second-order valence-electron chi connectivity index (χ2n) is 3.70. The second-order valence-corrected chi connectivity index (χ2v) is 3.70. The maximum absolute atomic E-state index is 11.2. The molecule has 0 radical (unpaired) electrons. The van der Waals surface area contributed by atoms with Gasteiger partial charge >= 0.3 is 5.97 Å². The molecule has 0 aromatic rings. The Morgan fingerprint density at radius 3 is 2.13 bits per heavy atom. The Hall–Kier alpha value is -1.19. The minimum Gasteiger partial charge on any atom is -0.477 e. The number of likely N-dealkylation sites (N-methyl/N-ethyl adjacent to an activating group) is 1. The Balaban J connectivity index is 3.09. The van der Waals surface area contributed by atoms with Gasteiger partial charge in [-0.2, -0.15) is 0 Å². The molecule has 4 nitrogen and oxygen atoms in total. The molecular formula is C11H20N2O2. The van der Waals surface area contributed by atoms with E-state index in [9.17, 15) is 9.90 Å². The maximum atomic E-state index is 11.2. The monoisotopic (exact) mass is 212 g/mol. The zero-order valence-corrected chi connectivity index (χ0v) is 9.95. The summed E-state index contributed by atoms with van der Waals surface area (Å²) in [6.07, 6.45) is 1.15. The summed E-state index contributed by atoms with van der Waals surface area (Å²) in [5.74, 6) is -0.816. The summed E-state index contributed by atoms with van der Waals surface area (Å²) in [4.78, 5) is 15.3. The highest BCUT2D eigenvalue weighted by molar-refractivity contribution is 5.87. The Bertz CT molecular complexity index is 286. The number of aliphatic carboxylic acids is 1. The largest absolute Gasteiger partial charge is 0.477 e. The van der Waals surface area contributed by atoms with Gasteiger partial charge in [-0.15, -0.1) is 0 Å². The molecule has 1 unspecified atom stereocenters. The molecule has 0 aromatic heterocycles. The van der Waals surface area contributed by atoms with Crippen LogP contribution in [0.3, 0.4) is 0 Å². The first-order valence-electron chi connectivity index (χ1n) is 5.55. The van der Waals surface area contributed by atoms with Crippen LogP contribution in [0, 0.1) is 0 Å². The van der Waals surface area contributed by atoms with Crippen molar-refractivity contribution >= 4 is 5.97 Å². The van der Waals surface area contributed by atoms with Crippen molar-refractivity contribution in [2.75, 3.05) is 13.1 Å². The van der Waals surface area contributed by atoms with Crippen LogP contribution in [0.15, 0.2) is 11.4 Å². The van der Waals surface area contributed by atoms with Crippen molar-refractivity contribution in [1.29, 1.82) is 0 Å². The molecule has 0 bridgehead atoms. The van der Waals surface area contributed by atoms with Gasteiger partial charge in [0.15, 0.2) is 0 Å². The van der Waals surface area contributed by atoms with Gasteiger partial charge in [-0.25, -0.2) is 4.79 Å². The maximum Gasteiger partial charge on any atom is 0.354 e. The summed E-state index contributed by atoms with van der Waals surface area (Å²) >= 11 is 0. The number of rotatable bonds is 4. The first-order chi connectivity index (χ1) is 7.08. The van der Waals surface area contributed by atoms with E-state index in [4.69, 9.17) is 0 Å². The van der Waals surface area contributed by atoms with Gasteiger partial charge in [0.1, 0.15) is 11.9 Å². The number of carbonyl (C=O) groups is 1. The Kier molecular flexibility index (Phi) is 3.61. The molecule has 0 spiro atoms. The van der Waals surface area contributed by atoms with E-state index >= 15 is 0 Å². The molecule has 0 amide bonds. The van der Waals surface area contributed by atoms with Crippen LogP contribution in [-0.2, 0) is 4.79 Å². The van der Waals surface area contributed by atoms with Crippen molar-refractivity contribution in [3.8, 4) is 0 Å². The molecule has 0 fully saturated rings. The van der Waals surface area contributed by atoms with E-state index in [0.717, 1.165) is 25.2 Å². The molecule has 1 atom stereocenters. The average molecular weight is 212 g/mol. The summed E-state index contributed by atoms with van der Waals surface area (Å²) in [6, 6.07) is 0. The van der Waals surface area contributed by atoms with Crippen LogP contribution in [0.4, 0.5) is 0 Å². The molecule has 86 valence electrons. The zero-order chi connectivity index (χ0) is 11.6. The van der Waals surface area contributed by atoms with Gasteiger partial charge in [0.05, 0.1) is 0 Å². The van der Waals surface area contributed by atoms with Crippen LogP contribution >= 0.6 is 0 Å². The van der Waals surface area contributed by atoms with Crippen LogP contribution in [0.2, 0.25) is 0 Å². The van der Waals surface area contributed by atoms with E-state index in [2.05, 4.69) is 18.7 Å². The van der Waals surface area contributed by atoms with Crippen molar-refractivity contribution in [3.63, 3.8) is 0 Å². The normalized spacial score (nSPS) is 21.5. The van der Waals surface area contributed by atoms with E-state index < -0.39 is 5.97 Å². The number of nitrogens with zero attached hydrogens (tertiary/aromatic N) is 2. The van der Waals surface area contributed by atoms with Crippen LogP contribution in [0.5, 0.6) is 0 Å². The van der Waals surface area contributed by atoms with E-state index in [0.29, 0.717) is 5.70 Å². The van der Waals surface area contributed by atoms with Gasteiger partial charge in [-0.05, 0) is 27.2 Å². The van der Waals surface area contributed by atoms with Crippen molar-refractivity contribution in [2.45, 2.75) is 40.3 Å². The van der Waals surface area contributed by atoms with Gasteiger partial charge in [0, 0.05) is 18.8 Å². The molecule has 1 N–H and O–H groups in total. The summed E-state index contributed by atoms with van der Waals surface area (Å²) in [5.41, 5.74) is 1.35. The van der Waals surface area contributed by atoms with Gasteiger partial charge in [-0.1, -0.05) is 6.92 Å². The van der Waals surface area contributed by atoms with Crippen molar-refractivity contribution in [3.05, 3.63) is 11.4 Å². The fraction of sp³-hybridized carbons (Fsp3) is 0.727. The molecule has 1 heterocycles. The third-order valence-electron chi connectivity index (χ3n) is 3.03. The van der Waals surface area contributed by atoms with E-state index in [1.807, 2.05) is 18.7 Å². The number of allylic oxidation sites excluding steroid dienone is 1. The lowest BCUT2D eigenvalue weighted by Gasteiger charge is -2.32. The minimum absolute atomic E-state index is 0.214. The molecular weight excluding hydrogens is 192 g/mol. The first-order valence-corrected chi connectivity index (χ1v) is 5.55.